The molecule has 0 aliphatic rings. The summed E-state index contributed by atoms with van der Waals surface area (Å²) >= 11 is 0. The molecule has 190 valence electrons. The summed E-state index contributed by atoms with van der Waals surface area (Å²) in [6.45, 7) is -3.45. The van der Waals surface area contributed by atoms with Crippen LogP contribution in [0.4, 0.5) is 18.9 Å². The van der Waals surface area contributed by atoms with Crippen molar-refractivity contribution in [2.24, 2.45) is 5.41 Å². The molecule has 0 bridgehead atoms. The molecule has 1 N–H and O–H groups in total. The van der Waals surface area contributed by atoms with Crippen molar-refractivity contribution in [3.8, 4) is 0 Å². The SMILES string of the molecule is CCCCCCCCCCCCc1ccc(NC(=O)C(C(=O)CF)(C(=O)CF)C(=O)CF)cc1. The number of benzene rings is 1. The number of nitrogens with one attached hydrogen (secondary N) is 1. The van der Waals surface area contributed by atoms with E-state index >= 15 is 0 Å². The molecule has 5 nitrogen and oxygen atoms in total. The minimum atomic E-state index is -3.37. The Morgan fingerprint density at radius 2 is 1.09 bits per heavy atom. The number of ketones is 3. The molecule has 0 spiro atoms. The Hall–Kier alpha value is -2.51. The summed E-state index contributed by atoms with van der Waals surface area (Å²) in [6.07, 6.45) is 13.1. The van der Waals surface area contributed by atoms with E-state index in [0.29, 0.717) is 0 Å². The molecule has 0 unspecified atom stereocenters. The Balaban J connectivity index is 2.61. The Labute approximate surface area is 199 Å². The van der Waals surface area contributed by atoms with Gasteiger partial charge in [0.05, 0.1) is 0 Å². The molecule has 34 heavy (non-hydrogen) atoms. The van der Waals surface area contributed by atoms with Gasteiger partial charge < -0.3 is 5.32 Å². The van der Waals surface area contributed by atoms with Crippen LogP contribution in [0.5, 0.6) is 0 Å². The molecule has 8 heteroatoms. The molecule has 0 saturated heterocycles. The number of halogens is 3. The van der Waals surface area contributed by atoms with Gasteiger partial charge in [-0.3, -0.25) is 19.2 Å². The largest absolute Gasteiger partial charge is 0.324 e. The van der Waals surface area contributed by atoms with E-state index in [1.807, 2.05) is 0 Å². The van der Waals surface area contributed by atoms with E-state index in [2.05, 4.69) is 12.2 Å². The van der Waals surface area contributed by atoms with Gasteiger partial charge in [-0.25, -0.2) is 13.2 Å². The van der Waals surface area contributed by atoms with Crippen LogP contribution >= 0.6 is 0 Å². The number of alkyl halides is 3. The van der Waals surface area contributed by atoms with Gasteiger partial charge in [-0.1, -0.05) is 76.8 Å². The number of carbonyl (C=O) groups excluding carboxylic acids is 4. The third-order valence-electron chi connectivity index (χ3n) is 5.99. The standard InChI is InChI=1S/C26H36F3NO4/c1-2-3-4-5-6-7-8-9-10-11-12-20-13-15-21(16-14-20)30-25(34)26(22(31)17-27,23(32)18-28)24(33)19-29/h13-16H,2-12,17-19H2,1H3,(H,30,34). The summed E-state index contributed by atoms with van der Waals surface area (Å²) in [5.74, 6) is -6.91. The normalized spacial score (nSPS) is 11.3. The van der Waals surface area contributed by atoms with Crippen molar-refractivity contribution in [1.82, 2.24) is 0 Å². The van der Waals surface area contributed by atoms with Crippen LogP contribution in [0.2, 0.25) is 0 Å². The number of Topliss-reactive ketones (excluding diaryl/α,β-unsaturated/α-hetero) is 3. The summed E-state index contributed by atoms with van der Waals surface area (Å²) in [5.41, 5.74) is -2.25. The predicted molar refractivity (Wildman–Crippen MR) is 126 cm³/mol. The zero-order chi connectivity index (χ0) is 25.4. The van der Waals surface area contributed by atoms with Crippen molar-refractivity contribution in [3.05, 3.63) is 29.8 Å². The fraction of sp³-hybridized carbons (Fsp3) is 0.615. The van der Waals surface area contributed by atoms with Crippen molar-refractivity contribution < 1.29 is 32.3 Å². The molecular weight excluding hydrogens is 447 g/mol. The molecule has 0 atom stereocenters. The second-order valence-corrected chi connectivity index (χ2v) is 8.50. The van der Waals surface area contributed by atoms with E-state index in [1.54, 1.807) is 12.1 Å². The van der Waals surface area contributed by atoms with Crippen LogP contribution in [-0.2, 0) is 25.6 Å². The van der Waals surface area contributed by atoms with Gasteiger partial charge in [0.25, 0.3) is 5.91 Å². The number of hydrogen-bond acceptors (Lipinski definition) is 4. The molecule has 0 heterocycles. The van der Waals surface area contributed by atoms with Gasteiger partial charge in [0.1, 0.15) is 20.0 Å². The number of hydrogen-bond donors (Lipinski definition) is 1. The number of carbonyl (C=O) groups is 4. The summed E-state index contributed by atoms with van der Waals surface area (Å²) in [5, 5.41) is 2.16. The number of unbranched alkanes of at least 4 members (excludes halogenated alkanes) is 9. The molecule has 0 fully saturated rings. The van der Waals surface area contributed by atoms with Crippen LogP contribution in [0.25, 0.3) is 0 Å². The molecule has 0 aliphatic heterocycles. The molecule has 0 saturated carbocycles. The predicted octanol–water partition coefficient (Wildman–Crippen LogP) is 5.69. The summed E-state index contributed by atoms with van der Waals surface area (Å²) < 4.78 is 39.1. The van der Waals surface area contributed by atoms with E-state index in [0.717, 1.165) is 24.8 Å². The fourth-order valence-electron chi connectivity index (χ4n) is 3.94. The molecule has 0 radical (unpaired) electrons. The monoisotopic (exact) mass is 483 g/mol. The second-order valence-electron chi connectivity index (χ2n) is 8.50. The van der Waals surface area contributed by atoms with Gasteiger partial charge in [-0.15, -0.1) is 0 Å². The Kier molecular flexibility index (Phi) is 14.0. The summed E-state index contributed by atoms with van der Waals surface area (Å²) in [4.78, 5) is 48.6. The highest BCUT2D eigenvalue weighted by Gasteiger charge is 2.57. The first kappa shape index (κ1) is 29.5. The molecule has 1 rings (SSSR count). The van der Waals surface area contributed by atoms with Gasteiger partial charge in [-0.05, 0) is 30.5 Å². The van der Waals surface area contributed by atoms with Gasteiger partial charge >= 0.3 is 0 Å². The van der Waals surface area contributed by atoms with Gasteiger partial charge in [0, 0.05) is 5.69 Å². The zero-order valence-electron chi connectivity index (χ0n) is 20.0. The smallest absolute Gasteiger partial charge is 0.253 e. The lowest BCUT2D eigenvalue weighted by Crippen LogP contribution is -2.57. The van der Waals surface area contributed by atoms with Crippen LogP contribution in [0.1, 0.15) is 76.7 Å². The van der Waals surface area contributed by atoms with Gasteiger partial charge in [0.15, 0.2) is 17.3 Å². The molecule has 1 amide bonds. The maximum absolute atomic E-state index is 13.0. The van der Waals surface area contributed by atoms with E-state index in [4.69, 9.17) is 0 Å². The van der Waals surface area contributed by atoms with E-state index in [1.165, 1.54) is 63.5 Å². The van der Waals surface area contributed by atoms with Crippen molar-refractivity contribution in [2.75, 3.05) is 25.3 Å². The lowest BCUT2D eigenvalue weighted by molar-refractivity contribution is -0.155. The van der Waals surface area contributed by atoms with E-state index in [9.17, 15) is 32.3 Å². The van der Waals surface area contributed by atoms with Gasteiger partial charge in [-0.2, -0.15) is 0 Å². The van der Waals surface area contributed by atoms with Crippen molar-refractivity contribution >= 4 is 28.9 Å². The van der Waals surface area contributed by atoms with Crippen molar-refractivity contribution in [3.63, 3.8) is 0 Å². The highest BCUT2D eigenvalue weighted by Crippen LogP contribution is 2.26. The lowest BCUT2D eigenvalue weighted by Gasteiger charge is -2.25. The summed E-state index contributed by atoms with van der Waals surface area (Å²) in [6, 6.07) is 6.45. The minimum absolute atomic E-state index is 0.117. The Morgan fingerprint density at radius 3 is 1.50 bits per heavy atom. The lowest BCUT2D eigenvalue weighted by atomic mass is 9.75. The van der Waals surface area contributed by atoms with Crippen molar-refractivity contribution in [2.45, 2.75) is 77.6 Å². The summed E-state index contributed by atoms with van der Waals surface area (Å²) in [7, 11) is 0. The third kappa shape index (κ3) is 8.37. The van der Waals surface area contributed by atoms with E-state index < -0.39 is 48.7 Å². The van der Waals surface area contributed by atoms with E-state index in [-0.39, 0.29) is 5.69 Å². The highest BCUT2D eigenvalue weighted by atomic mass is 19.1. The van der Waals surface area contributed by atoms with Crippen LogP contribution in [-0.4, -0.2) is 43.3 Å². The first-order chi connectivity index (χ1) is 16.4. The molecule has 0 aliphatic carbocycles. The fourth-order valence-corrected chi connectivity index (χ4v) is 3.94. The molecule has 0 aromatic heterocycles. The molecular formula is C26H36F3NO4. The van der Waals surface area contributed by atoms with Crippen LogP contribution < -0.4 is 5.32 Å². The quantitative estimate of drug-likeness (QED) is 0.202. The zero-order valence-corrected chi connectivity index (χ0v) is 20.0. The average Bonchev–Trinajstić information content (AvgIpc) is 2.85. The second kappa shape index (κ2) is 16.2. The first-order valence-corrected chi connectivity index (χ1v) is 12.1. The molecule has 1 aromatic carbocycles. The number of amides is 1. The topological polar surface area (TPSA) is 80.3 Å². The highest BCUT2D eigenvalue weighted by molar-refractivity contribution is 6.41. The maximum atomic E-state index is 13.0. The average molecular weight is 484 g/mol. The van der Waals surface area contributed by atoms with Crippen molar-refractivity contribution in [1.29, 1.82) is 0 Å². The number of anilines is 1. The van der Waals surface area contributed by atoms with Crippen LogP contribution in [0.15, 0.2) is 24.3 Å². The Bertz CT molecular complexity index is 755. The number of rotatable bonds is 19. The maximum Gasteiger partial charge on any atom is 0.253 e. The molecule has 1 aromatic rings. The minimum Gasteiger partial charge on any atom is -0.324 e. The number of aryl methyl sites for hydroxylation is 1. The van der Waals surface area contributed by atoms with Gasteiger partial charge in [0.2, 0.25) is 5.41 Å². The Morgan fingerprint density at radius 1 is 0.676 bits per heavy atom. The van der Waals surface area contributed by atoms with Crippen LogP contribution in [0.3, 0.4) is 0 Å². The first-order valence-electron chi connectivity index (χ1n) is 12.1. The third-order valence-corrected chi connectivity index (χ3v) is 5.99. The van der Waals surface area contributed by atoms with Crippen LogP contribution in [0, 0.1) is 5.41 Å².